The van der Waals surface area contributed by atoms with Gasteiger partial charge in [0.15, 0.2) is 5.69 Å². The van der Waals surface area contributed by atoms with Gasteiger partial charge in [-0.25, -0.2) is 9.67 Å². The summed E-state index contributed by atoms with van der Waals surface area (Å²) in [5, 5.41) is 6.13. The minimum Gasteiger partial charge on any atom is -0.321 e. The molecule has 0 fully saturated rings. The number of aromatic nitrogens is 4. The van der Waals surface area contributed by atoms with Crippen molar-refractivity contribution in [3.8, 4) is 5.69 Å². The van der Waals surface area contributed by atoms with Gasteiger partial charge in [-0.1, -0.05) is 0 Å². The standard InChI is InChI=1S/C15H13F2N5O/c1-10-18-7-9-21(10)12-4-2-11(3-5-12)19-14(23)13-6-8-22(20-13)15(16)17/h2-9,15H,1H3,(H,19,23). The molecule has 8 heteroatoms. The summed E-state index contributed by atoms with van der Waals surface area (Å²) in [6, 6.07) is 8.32. The first-order chi connectivity index (χ1) is 11.0. The van der Waals surface area contributed by atoms with Crippen LogP contribution in [0.25, 0.3) is 5.69 Å². The van der Waals surface area contributed by atoms with Gasteiger partial charge >= 0.3 is 6.55 Å². The summed E-state index contributed by atoms with van der Waals surface area (Å²) in [7, 11) is 0. The molecule has 2 heterocycles. The number of hydrogen-bond acceptors (Lipinski definition) is 3. The van der Waals surface area contributed by atoms with E-state index in [0.29, 0.717) is 10.4 Å². The average molecular weight is 317 g/mol. The van der Waals surface area contributed by atoms with Crippen molar-refractivity contribution in [2.75, 3.05) is 5.32 Å². The van der Waals surface area contributed by atoms with E-state index in [9.17, 15) is 13.6 Å². The predicted octanol–water partition coefficient (Wildman–Crippen LogP) is 3.02. The summed E-state index contributed by atoms with van der Waals surface area (Å²) < 4.78 is 27.2. The van der Waals surface area contributed by atoms with Crippen LogP contribution in [0.2, 0.25) is 0 Å². The summed E-state index contributed by atoms with van der Waals surface area (Å²) >= 11 is 0. The molecule has 0 spiro atoms. The highest BCUT2D eigenvalue weighted by molar-refractivity contribution is 6.02. The quantitative estimate of drug-likeness (QED) is 0.804. The number of hydrogen-bond donors (Lipinski definition) is 1. The van der Waals surface area contributed by atoms with Gasteiger partial charge in [-0.3, -0.25) is 4.79 Å². The minimum absolute atomic E-state index is 0.0696. The smallest absolute Gasteiger partial charge is 0.321 e. The van der Waals surface area contributed by atoms with Crippen LogP contribution >= 0.6 is 0 Å². The zero-order chi connectivity index (χ0) is 16.4. The number of amides is 1. The van der Waals surface area contributed by atoms with Crippen molar-refractivity contribution in [3.63, 3.8) is 0 Å². The fraction of sp³-hybridized carbons (Fsp3) is 0.133. The molecule has 0 saturated carbocycles. The summed E-state index contributed by atoms with van der Waals surface area (Å²) in [6.07, 6.45) is 4.59. The first-order valence-electron chi connectivity index (χ1n) is 6.79. The molecule has 1 amide bonds. The second kappa shape index (κ2) is 5.99. The van der Waals surface area contributed by atoms with Gasteiger partial charge in [0.1, 0.15) is 5.82 Å². The van der Waals surface area contributed by atoms with Crippen LogP contribution in [0, 0.1) is 6.92 Å². The first-order valence-corrected chi connectivity index (χ1v) is 6.79. The number of imidazole rings is 1. The highest BCUT2D eigenvalue weighted by atomic mass is 19.3. The average Bonchev–Trinajstić information content (AvgIpc) is 3.17. The highest BCUT2D eigenvalue weighted by Gasteiger charge is 2.13. The Balaban J connectivity index is 1.72. The third kappa shape index (κ3) is 3.10. The van der Waals surface area contributed by atoms with Gasteiger partial charge < -0.3 is 9.88 Å². The molecular weight excluding hydrogens is 304 g/mol. The fourth-order valence-electron chi connectivity index (χ4n) is 2.12. The second-order valence-corrected chi connectivity index (χ2v) is 4.80. The van der Waals surface area contributed by atoms with E-state index in [4.69, 9.17) is 0 Å². The SMILES string of the molecule is Cc1nccn1-c1ccc(NC(=O)c2ccn(C(F)F)n2)cc1. The highest BCUT2D eigenvalue weighted by Crippen LogP contribution is 2.16. The molecule has 0 aliphatic heterocycles. The molecule has 2 aromatic heterocycles. The molecule has 3 rings (SSSR count). The lowest BCUT2D eigenvalue weighted by atomic mass is 10.2. The van der Waals surface area contributed by atoms with Crippen LogP contribution in [0.1, 0.15) is 22.9 Å². The van der Waals surface area contributed by atoms with E-state index in [0.717, 1.165) is 17.7 Å². The lowest BCUT2D eigenvalue weighted by Crippen LogP contribution is -2.13. The maximum Gasteiger partial charge on any atom is 0.333 e. The van der Waals surface area contributed by atoms with Crippen LogP contribution in [-0.2, 0) is 0 Å². The first kappa shape index (κ1) is 14.9. The number of nitrogens with zero attached hydrogens (tertiary/aromatic N) is 4. The lowest BCUT2D eigenvalue weighted by Gasteiger charge is -2.07. The molecule has 1 aromatic carbocycles. The Morgan fingerprint density at radius 2 is 1.91 bits per heavy atom. The molecule has 6 nitrogen and oxygen atoms in total. The van der Waals surface area contributed by atoms with E-state index < -0.39 is 12.5 Å². The maximum atomic E-state index is 12.4. The van der Waals surface area contributed by atoms with Crippen molar-refractivity contribution in [1.29, 1.82) is 0 Å². The van der Waals surface area contributed by atoms with E-state index in [1.807, 2.05) is 29.8 Å². The number of benzene rings is 1. The molecule has 23 heavy (non-hydrogen) atoms. The van der Waals surface area contributed by atoms with Crippen molar-refractivity contribution in [2.45, 2.75) is 13.5 Å². The Bertz CT molecular complexity index is 823. The van der Waals surface area contributed by atoms with Crippen molar-refractivity contribution in [2.24, 2.45) is 0 Å². The summed E-state index contributed by atoms with van der Waals surface area (Å²) in [4.78, 5) is 16.1. The van der Waals surface area contributed by atoms with Crippen molar-refractivity contribution >= 4 is 11.6 Å². The number of carbonyl (C=O) groups excluding carboxylic acids is 1. The minimum atomic E-state index is -2.77. The van der Waals surface area contributed by atoms with E-state index in [1.165, 1.54) is 6.07 Å². The van der Waals surface area contributed by atoms with E-state index in [2.05, 4.69) is 15.4 Å². The van der Waals surface area contributed by atoms with Gasteiger partial charge in [0.25, 0.3) is 5.91 Å². The van der Waals surface area contributed by atoms with Crippen LogP contribution < -0.4 is 5.32 Å². The van der Waals surface area contributed by atoms with Gasteiger partial charge in [0, 0.05) is 30.0 Å². The predicted molar refractivity (Wildman–Crippen MR) is 79.7 cm³/mol. The second-order valence-electron chi connectivity index (χ2n) is 4.80. The van der Waals surface area contributed by atoms with Crippen LogP contribution in [0.5, 0.6) is 0 Å². The summed E-state index contributed by atoms with van der Waals surface area (Å²) in [5.74, 6) is 0.301. The number of rotatable bonds is 4. The zero-order valence-corrected chi connectivity index (χ0v) is 12.1. The topological polar surface area (TPSA) is 64.7 Å². The maximum absolute atomic E-state index is 12.4. The molecule has 0 atom stereocenters. The molecule has 1 N–H and O–H groups in total. The number of carbonyl (C=O) groups is 1. The molecule has 0 radical (unpaired) electrons. The molecule has 0 unspecified atom stereocenters. The molecule has 0 aliphatic carbocycles. The van der Waals surface area contributed by atoms with Gasteiger partial charge in [-0.05, 0) is 37.3 Å². The van der Waals surface area contributed by atoms with E-state index in [-0.39, 0.29) is 5.69 Å². The number of aryl methyl sites for hydroxylation is 1. The zero-order valence-electron chi connectivity index (χ0n) is 12.1. The molecule has 0 bridgehead atoms. The third-order valence-electron chi connectivity index (χ3n) is 3.27. The van der Waals surface area contributed by atoms with Gasteiger partial charge in [-0.2, -0.15) is 13.9 Å². The molecular formula is C15H13F2N5O. The number of alkyl halides is 2. The van der Waals surface area contributed by atoms with Gasteiger partial charge in [-0.15, -0.1) is 0 Å². The van der Waals surface area contributed by atoms with Gasteiger partial charge in [0.05, 0.1) is 0 Å². The van der Waals surface area contributed by atoms with E-state index >= 15 is 0 Å². The van der Waals surface area contributed by atoms with Crippen LogP contribution in [0.15, 0.2) is 48.9 Å². The molecule has 118 valence electrons. The fourth-order valence-corrected chi connectivity index (χ4v) is 2.12. The summed E-state index contributed by atoms with van der Waals surface area (Å²) in [5.41, 5.74) is 1.38. The monoisotopic (exact) mass is 317 g/mol. The lowest BCUT2D eigenvalue weighted by molar-refractivity contribution is 0.0561. The number of nitrogens with one attached hydrogen (secondary N) is 1. The Morgan fingerprint density at radius 3 is 2.48 bits per heavy atom. The Hall–Kier alpha value is -3.03. The molecule has 0 aliphatic rings. The molecule has 0 saturated heterocycles. The van der Waals surface area contributed by atoms with Crippen molar-refractivity contribution in [3.05, 3.63) is 60.4 Å². The Morgan fingerprint density at radius 1 is 1.17 bits per heavy atom. The summed E-state index contributed by atoms with van der Waals surface area (Å²) in [6.45, 7) is -0.885. The van der Waals surface area contributed by atoms with Crippen LogP contribution in [0.4, 0.5) is 14.5 Å². The third-order valence-corrected chi connectivity index (χ3v) is 3.27. The number of anilines is 1. The van der Waals surface area contributed by atoms with Gasteiger partial charge in [0.2, 0.25) is 0 Å². The van der Waals surface area contributed by atoms with E-state index in [1.54, 1.807) is 18.3 Å². The molecule has 3 aromatic rings. The Labute approximate surface area is 130 Å². The van der Waals surface area contributed by atoms with Crippen LogP contribution in [0.3, 0.4) is 0 Å². The largest absolute Gasteiger partial charge is 0.333 e. The van der Waals surface area contributed by atoms with Crippen LogP contribution in [-0.4, -0.2) is 25.2 Å². The van der Waals surface area contributed by atoms with Crippen molar-refractivity contribution < 1.29 is 13.6 Å². The van der Waals surface area contributed by atoms with Crippen molar-refractivity contribution in [1.82, 2.24) is 19.3 Å². The number of halogens is 2. The Kier molecular flexibility index (Phi) is 3.88. The normalized spacial score (nSPS) is 11.0.